The minimum absolute atomic E-state index is 0. The summed E-state index contributed by atoms with van der Waals surface area (Å²) in [5, 5.41) is 18.1. The van der Waals surface area contributed by atoms with Crippen LogP contribution in [0.15, 0.2) is 0 Å². The van der Waals surface area contributed by atoms with Crippen molar-refractivity contribution < 1.29 is 19.8 Å². The van der Waals surface area contributed by atoms with Gasteiger partial charge >= 0.3 is 0 Å². The third-order valence-electron chi connectivity index (χ3n) is 2.55. The molecule has 0 fully saturated rings. The van der Waals surface area contributed by atoms with Crippen molar-refractivity contribution in [2.75, 3.05) is 6.61 Å². The summed E-state index contributed by atoms with van der Waals surface area (Å²) in [6, 6.07) is 0. The van der Waals surface area contributed by atoms with Gasteiger partial charge in [0.1, 0.15) is 6.10 Å². The monoisotopic (exact) mass is 340 g/mol. The fourth-order valence-corrected chi connectivity index (χ4v) is 1.54. The fraction of sp³-hybridized carbons (Fsp3) is 1.00. The van der Waals surface area contributed by atoms with Crippen LogP contribution in [0.3, 0.4) is 0 Å². The van der Waals surface area contributed by atoms with E-state index in [-0.39, 0.29) is 26.1 Å². The Labute approximate surface area is 140 Å². The molecule has 0 rings (SSSR count). The SMILES string of the molecule is C.CC.CCCC(C)CO[N+](=O)[O-].CCCC(CC)O[N+](=O)[O-]. The average Bonchev–Trinajstić information content (AvgIpc) is 2.47. The number of hydrogen-bond donors (Lipinski definition) is 0. The van der Waals surface area contributed by atoms with E-state index < -0.39 is 10.2 Å². The summed E-state index contributed by atoms with van der Waals surface area (Å²) in [4.78, 5) is 28.1. The second-order valence-electron chi connectivity index (χ2n) is 4.56. The maximum absolute atomic E-state index is 9.83. The molecule has 0 aliphatic carbocycles. The molecule has 8 nitrogen and oxygen atoms in total. The molecule has 2 atom stereocenters. The lowest BCUT2D eigenvalue weighted by atomic mass is 10.1. The van der Waals surface area contributed by atoms with Gasteiger partial charge in [-0.3, -0.25) is 0 Å². The highest BCUT2D eigenvalue weighted by atomic mass is 17.0. The molecule has 0 N–H and O–H groups in total. The van der Waals surface area contributed by atoms with Crippen LogP contribution >= 0.6 is 0 Å². The summed E-state index contributed by atoms with van der Waals surface area (Å²) >= 11 is 0. The van der Waals surface area contributed by atoms with Gasteiger partial charge in [-0.25, -0.2) is 0 Å². The zero-order chi connectivity index (χ0) is 18.0. The Morgan fingerprint density at radius 3 is 1.74 bits per heavy atom. The Hall–Kier alpha value is -1.60. The fourth-order valence-electron chi connectivity index (χ4n) is 1.54. The van der Waals surface area contributed by atoms with Gasteiger partial charge in [0.25, 0.3) is 10.2 Å². The van der Waals surface area contributed by atoms with Crippen LogP contribution in [0, 0.1) is 26.1 Å². The lowest BCUT2D eigenvalue weighted by Crippen LogP contribution is -2.15. The molecule has 2 unspecified atom stereocenters. The van der Waals surface area contributed by atoms with Crippen molar-refractivity contribution in [2.24, 2.45) is 5.92 Å². The summed E-state index contributed by atoms with van der Waals surface area (Å²) in [5.74, 6) is 0.287. The summed E-state index contributed by atoms with van der Waals surface area (Å²) in [5.41, 5.74) is 0. The van der Waals surface area contributed by atoms with E-state index in [9.17, 15) is 20.2 Å². The van der Waals surface area contributed by atoms with Crippen molar-refractivity contribution in [3.63, 3.8) is 0 Å². The highest BCUT2D eigenvalue weighted by Gasteiger charge is 2.08. The van der Waals surface area contributed by atoms with Gasteiger partial charge in [0.2, 0.25) is 0 Å². The Bertz CT molecular complexity index is 264. The van der Waals surface area contributed by atoms with Gasteiger partial charge < -0.3 is 9.68 Å². The molecule has 0 aromatic rings. The second-order valence-corrected chi connectivity index (χ2v) is 4.56. The number of rotatable bonds is 10. The average molecular weight is 340 g/mol. The molecule has 142 valence electrons. The van der Waals surface area contributed by atoms with Gasteiger partial charge in [0.15, 0.2) is 0 Å². The molecule has 0 amide bonds. The van der Waals surface area contributed by atoms with Crippen molar-refractivity contribution >= 4 is 0 Å². The standard InChI is InChI=1S/2C6H13NO3.C2H6.CH4/c1-3-4-6(2)5-10-7(8)9;1-3-5-6(4-2)10-7(8)9;1-2;/h2*6H,3-5H2,1-2H3;1-2H3;1H4. The highest BCUT2D eigenvalue weighted by molar-refractivity contribution is 4.50. The first-order valence-corrected chi connectivity index (χ1v) is 7.95. The summed E-state index contributed by atoms with van der Waals surface area (Å²) in [7, 11) is 0. The molecular weight excluding hydrogens is 304 g/mol. The Morgan fingerprint density at radius 1 is 0.957 bits per heavy atom. The lowest BCUT2D eigenvalue weighted by Gasteiger charge is -2.09. The van der Waals surface area contributed by atoms with E-state index in [0.29, 0.717) is 6.42 Å². The first-order valence-electron chi connectivity index (χ1n) is 7.95. The van der Waals surface area contributed by atoms with E-state index in [2.05, 4.69) is 9.68 Å². The predicted octanol–water partition coefficient (Wildman–Crippen LogP) is 5.07. The molecule has 0 aromatic carbocycles. The van der Waals surface area contributed by atoms with Crippen LogP contribution in [0.2, 0.25) is 0 Å². The highest BCUT2D eigenvalue weighted by Crippen LogP contribution is 2.05. The van der Waals surface area contributed by atoms with E-state index in [0.717, 1.165) is 25.7 Å². The van der Waals surface area contributed by atoms with Crippen molar-refractivity contribution in [2.45, 2.75) is 87.2 Å². The molecule has 0 spiro atoms. The predicted molar refractivity (Wildman–Crippen MR) is 92.2 cm³/mol. The van der Waals surface area contributed by atoms with Crippen LogP contribution in [-0.2, 0) is 9.68 Å². The Balaban J connectivity index is -0.000000136. The van der Waals surface area contributed by atoms with E-state index in [1.807, 2.05) is 41.5 Å². The molecule has 0 bridgehead atoms. The minimum Gasteiger partial charge on any atom is -0.314 e. The molecule has 0 radical (unpaired) electrons. The lowest BCUT2D eigenvalue weighted by molar-refractivity contribution is -0.768. The number of hydrogen-bond acceptors (Lipinski definition) is 6. The Kier molecular flexibility index (Phi) is 29.0. The molecule has 0 heterocycles. The third kappa shape index (κ3) is 29.1. The van der Waals surface area contributed by atoms with Crippen LogP contribution in [0.1, 0.15) is 81.1 Å². The molecule has 8 heteroatoms. The zero-order valence-electron chi connectivity index (χ0n) is 14.7. The van der Waals surface area contributed by atoms with Gasteiger partial charge in [-0.15, -0.1) is 20.2 Å². The topological polar surface area (TPSA) is 105 Å². The van der Waals surface area contributed by atoms with Crippen LogP contribution in [0.4, 0.5) is 0 Å². The molecule has 0 saturated heterocycles. The quantitative estimate of drug-likeness (QED) is 0.406. The molecule has 0 aliphatic heterocycles. The van der Waals surface area contributed by atoms with Crippen LogP contribution in [0.5, 0.6) is 0 Å². The maximum Gasteiger partial charge on any atom is 0.294 e. The normalized spacial score (nSPS) is 11.2. The Morgan fingerprint density at radius 2 is 1.43 bits per heavy atom. The van der Waals surface area contributed by atoms with Gasteiger partial charge in [0.05, 0.1) is 6.61 Å². The largest absolute Gasteiger partial charge is 0.314 e. The van der Waals surface area contributed by atoms with Crippen molar-refractivity contribution in [1.29, 1.82) is 0 Å². The van der Waals surface area contributed by atoms with Gasteiger partial charge in [-0.05, 0) is 25.2 Å². The summed E-state index contributed by atoms with van der Waals surface area (Å²) in [6.45, 7) is 12.1. The second kappa shape index (κ2) is 22.7. The van der Waals surface area contributed by atoms with E-state index in [4.69, 9.17) is 0 Å². The van der Waals surface area contributed by atoms with E-state index in [1.54, 1.807) is 0 Å². The molecule has 0 aromatic heterocycles. The van der Waals surface area contributed by atoms with Crippen LogP contribution in [-0.4, -0.2) is 22.9 Å². The van der Waals surface area contributed by atoms with Crippen LogP contribution in [0.25, 0.3) is 0 Å². The summed E-state index contributed by atoms with van der Waals surface area (Å²) < 4.78 is 0. The van der Waals surface area contributed by atoms with Crippen molar-refractivity contribution in [3.8, 4) is 0 Å². The molecule has 0 aliphatic rings. The van der Waals surface area contributed by atoms with Gasteiger partial charge in [0, 0.05) is 0 Å². The third-order valence-corrected chi connectivity index (χ3v) is 2.55. The zero-order valence-corrected chi connectivity index (χ0v) is 14.7. The molecule has 23 heavy (non-hydrogen) atoms. The van der Waals surface area contributed by atoms with E-state index in [1.165, 1.54) is 0 Å². The van der Waals surface area contributed by atoms with Crippen molar-refractivity contribution in [3.05, 3.63) is 20.2 Å². The summed E-state index contributed by atoms with van der Waals surface area (Å²) in [6.07, 6.45) is 4.20. The van der Waals surface area contributed by atoms with Gasteiger partial charge in [-0.2, -0.15) is 0 Å². The van der Waals surface area contributed by atoms with Crippen molar-refractivity contribution in [1.82, 2.24) is 0 Å². The minimum atomic E-state index is -0.744. The maximum atomic E-state index is 9.83. The smallest absolute Gasteiger partial charge is 0.294 e. The molecular formula is C15H36N2O6. The van der Waals surface area contributed by atoms with Crippen LogP contribution < -0.4 is 0 Å². The van der Waals surface area contributed by atoms with E-state index >= 15 is 0 Å². The molecule has 0 saturated carbocycles. The first-order chi connectivity index (χ1) is 10.4. The van der Waals surface area contributed by atoms with Gasteiger partial charge in [-0.1, -0.05) is 61.8 Å². The number of nitrogens with zero attached hydrogens (tertiary/aromatic N) is 2. The first kappa shape index (κ1) is 29.4.